The van der Waals surface area contributed by atoms with E-state index in [0.717, 1.165) is 0 Å². The fraction of sp³-hybridized carbons (Fsp3) is 0.318. The van der Waals surface area contributed by atoms with Crippen molar-refractivity contribution in [2.45, 2.75) is 13.0 Å². The third kappa shape index (κ3) is 4.91. The minimum atomic E-state index is -0.697. The molecule has 3 amide bonds. The zero-order valence-corrected chi connectivity index (χ0v) is 17.7. The fourth-order valence-electron chi connectivity index (χ4n) is 3.30. The van der Waals surface area contributed by atoms with Crippen molar-refractivity contribution in [2.75, 3.05) is 33.3 Å². The zero-order valence-electron chi connectivity index (χ0n) is 16.9. The van der Waals surface area contributed by atoms with Gasteiger partial charge in [0.25, 0.3) is 11.8 Å². The molecule has 2 aromatic carbocycles. The van der Waals surface area contributed by atoms with Crippen molar-refractivity contribution in [1.82, 2.24) is 15.1 Å². The number of nitrogens with zero attached hydrogens (tertiary/aromatic N) is 2. The van der Waals surface area contributed by atoms with Crippen LogP contribution in [0.3, 0.4) is 0 Å². The second-order valence-electron chi connectivity index (χ2n) is 7.02. The minimum Gasteiger partial charge on any atom is -0.497 e. The van der Waals surface area contributed by atoms with Gasteiger partial charge in [-0.2, -0.15) is 0 Å². The van der Waals surface area contributed by atoms with Crippen molar-refractivity contribution in [3.8, 4) is 5.75 Å². The molecule has 1 saturated heterocycles. The van der Waals surface area contributed by atoms with E-state index in [9.17, 15) is 14.4 Å². The van der Waals surface area contributed by atoms with Crippen LogP contribution in [0.1, 0.15) is 27.6 Å². The second-order valence-corrected chi connectivity index (χ2v) is 7.43. The summed E-state index contributed by atoms with van der Waals surface area (Å²) in [6, 6.07) is 12.9. The monoisotopic (exact) mass is 429 g/mol. The third-order valence-corrected chi connectivity index (χ3v) is 5.38. The Morgan fingerprint density at radius 2 is 1.57 bits per heavy atom. The maximum Gasteiger partial charge on any atom is 0.253 e. The summed E-state index contributed by atoms with van der Waals surface area (Å²) >= 11 is 6.04. The molecule has 158 valence electrons. The highest BCUT2D eigenvalue weighted by atomic mass is 35.5. The van der Waals surface area contributed by atoms with E-state index in [0.29, 0.717) is 48.1 Å². The van der Waals surface area contributed by atoms with Gasteiger partial charge in [0.05, 0.1) is 17.7 Å². The smallest absolute Gasteiger partial charge is 0.253 e. The number of rotatable bonds is 5. The standard InChI is InChI=1S/C22H24ClN3O4/c1-15(24-20(27)18-5-3-4-6-19(18)23)21(28)25-11-13-26(14-12-25)22(29)16-7-9-17(30-2)10-8-16/h3-10,15H,11-14H2,1-2H3,(H,24,27). The molecule has 0 aromatic heterocycles. The van der Waals surface area contributed by atoms with E-state index >= 15 is 0 Å². The molecule has 0 aliphatic carbocycles. The Kier molecular flexibility index (Phi) is 6.95. The van der Waals surface area contributed by atoms with E-state index in [-0.39, 0.29) is 11.8 Å². The number of halogens is 1. The molecule has 8 heteroatoms. The molecule has 1 fully saturated rings. The van der Waals surface area contributed by atoms with E-state index < -0.39 is 11.9 Å². The van der Waals surface area contributed by atoms with Gasteiger partial charge in [0.2, 0.25) is 5.91 Å². The van der Waals surface area contributed by atoms with Gasteiger partial charge in [0, 0.05) is 31.7 Å². The van der Waals surface area contributed by atoms with Gasteiger partial charge < -0.3 is 19.9 Å². The topological polar surface area (TPSA) is 79.0 Å². The lowest BCUT2D eigenvalue weighted by atomic mass is 10.1. The Labute approximate surface area is 180 Å². The second kappa shape index (κ2) is 9.63. The molecule has 0 spiro atoms. The van der Waals surface area contributed by atoms with Crippen molar-refractivity contribution in [2.24, 2.45) is 0 Å². The molecule has 3 rings (SSSR count). The molecule has 1 aliphatic heterocycles. The molecule has 0 saturated carbocycles. The van der Waals surface area contributed by atoms with Crippen LogP contribution in [0, 0.1) is 0 Å². The van der Waals surface area contributed by atoms with Crippen molar-refractivity contribution in [1.29, 1.82) is 0 Å². The van der Waals surface area contributed by atoms with Crippen LogP contribution in [-0.4, -0.2) is 66.9 Å². The number of piperazine rings is 1. The maximum absolute atomic E-state index is 12.7. The highest BCUT2D eigenvalue weighted by molar-refractivity contribution is 6.33. The Bertz CT molecular complexity index is 924. The average Bonchev–Trinajstić information content (AvgIpc) is 2.78. The molecule has 7 nitrogen and oxygen atoms in total. The number of methoxy groups -OCH3 is 1. The molecule has 0 bridgehead atoms. The van der Waals surface area contributed by atoms with Crippen LogP contribution < -0.4 is 10.1 Å². The van der Waals surface area contributed by atoms with Crippen LogP contribution in [0.4, 0.5) is 0 Å². The summed E-state index contributed by atoms with van der Waals surface area (Å²) in [5.74, 6) is 0.0290. The molecule has 1 unspecified atom stereocenters. The SMILES string of the molecule is COc1ccc(C(=O)N2CCN(C(=O)C(C)NC(=O)c3ccccc3Cl)CC2)cc1. The number of nitrogens with one attached hydrogen (secondary N) is 1. The molecule has 1 heterocycles. The van der Waals surface area contributed by atoms with Crippen LogP contribution >= 0.6 is 11.6 Å². The Morgan fingerprint density at radius 1 is 0.967 bits per heavy atom. The first-order valence-corrected chi connectivity index (χ1v) is 10.1. The van der Waals surface area contributed by atoms with E-state index in [2.05, 4.69) is 5.32 Å². The van der Waals surface area contributed by atoms with Crippen molar-refractivity contribution < 1.29 is 19.1 Å². The molecule has 1 atom stereocenters. The first kappa shape index (κ1) is 21.6. The number of ether oxygens (including phenoxy) is 1. The number of hydrogen-bond acceptors (Lipinski definition) is 4. The number of amides is 3. The minimum absolute atomic E-state index is 0.0789. The quantitative estimate of drug-likeness (QED) is 0.791. The average molecular weight is 430 g/mol. The Hall–Kier alpha value is -3.06. The van der Waals surface area contributed by atoms with Gasteiger partial charge in [0.15, 0.2) is 0 Å². The highest BCUT2D eigenvalue weighted by Gasteiger charge is 2.28. The van der Waals surface area contributed by atoms with E-state index in [4.69, 9.17) is 16.3 Å². The van der Waals surface area contributed by atoms with Crippen LogP contribution in [0.2, 0.25) is 5.02 Å². The molecule has 1 N–H and O–H groups in total. The third-order valence-electron chi connectivity index (χ3n) is 5.05. The van der Waals surface area contributed by atoms with Crippen LogP contribution in [-0.2, 0) is 4.79 Å². The summed E-state index contributed by atoms with van der Waals surface area (Å²) in [5, 5.41) is 3.03. The largest absolute Gasteiger partial charge is 0.497 e. The van der Waals surface area contributed by atoms with Crippen LogP contribution in [0.5, 0.6) is 5.75 Å². The summed E-state index contributed by atoms with van der Waals surface area (Å²) in [6.07, 6.45) is 0. The normalized spacial score (nSPS) is 14.8. The highest BCUT2D eigenvalue weighted by Crippen LogP contribution is 2.16. The van der Waals surface area contributed by atoms with Gasteiger partial charge in [-0.25, -0.2) is 0 Å². The lowest BCUT2D eigenvalue weighted by molar-refractivity contribution is -0.134. The van der Waals surface area contributed by atoms with Gasteiger partial charge in [-0.1, -0.05) is 23.7 Å². The van der Waals surface area contributed by atoms with Crippen LogP contribution in [0.25, 0.3) is 0 Å². The molecule has 2 aromatic rings. The predicted octanol–water partition coefficient (Wildman–Crippen LogP) is 2.45. The fourth-order valence-corrected chi connectivity index (χ4v) is 3.52. The van der Waals surface area contributed by atoms with E-state index in [1.807, 2.05) is 0 Å². The van der Waals surface area contributed by atoms with Crippen molar-refractivity contribution in [3.63, 3.8) is 0 Å². The Morgan fingerprint density at radius 3 is 2.17 bits per heavy atom. The van der Waals surface area contributed by atoms with Crippen LogP contribution in [0.15, 0.2) is 48.5 Å². The van der Waals surface area contributed by atoms with Gasteiger partial charge in [-0.15, -0.1) is 0 Å². The summed E-state index contributed by atoms with van der Waals surface area (Å²) in [4.78, 5) is 41.1. The lowest BCUT2D eigenvalue weighted by Gasteiger charge is -2.36. The predicted molar refractivity (Wildman–Crippen MR) is 114 cm³/mol. The zero-order chi connectivity index (χ0) is 21.7. The summed E-state index contributed by atoms with van der Waals surface area (Å²) in [7, 11) is 1.57. The molecule has 30 heavy (non-hydrogen) atoms. The summed E-state index contributed by atoms with van der Waals surface area (Å²) in [5.41, 5.74) is 0.907. The van der Waals surface area contributed by atoms with Gasteiger partial charge in [-0.05, 0) is 43.3 Å². The number of hydrogen-bond donors (Lipinski definition) is 1. The first-order chi connectivity index (χ1) is 14.4. The maximum atomic E-state index is 12.7. The Balaban J connectivity index is 1.53. The van der Waals surface area contributed by atoms with Crippen molar-refractivity contribution in [3.05, 3.63) is 64.7 Å². The van der Waals surface area contributed by atoms with Crippen molar-refractivity contribution >= 4 is 29.3 Å². The summed E-state index contributed by atoms with van der Waals surface area (Å²) < 4.78 is 5.11. The van der Waals surface area contributed by atoms with Gasteiger partial charge in [-0.3, -0.25) is 14.4 Å². The summed E-state index contributed by atoms with van der Waals surface area (Å²) in [6.45, 7) is 3.33. The molecule has 1 aliphatic rings. The first-order valence-electron chi connectivity index (χ1n) is 9.68. The van der Waals surface area contributed by atoms with E-state index in [1.54, 1.807) is 72.4 Å². The number of carbonyl (C=O) groups excluding carboxylic acids is 3. The lowest BCUT2D eigenvalue weighted by Crippen LogP contribution is -2.55. The van der Waals surface area contributed by atoms with Gasteiger partial charge in [0.1, 0.15) is 11.8 Å². The molecule has 0 radical (unpaired) electrons. The van der Waals surface area contributed by atoms with Gasteiger partial charge >= 0.3 is 0 Å². The van der Waals surface area contributed by atoms with E-state index in [1.165, 1.54) is 0 Å². The molecular weight excluding hydrogens is 406 g/mol. The number of carbonyl (C=O) groups is 3. The number of benzene rings is 2. The molecular formula is C22H24ClN3O4.